The van der Waals surface area contributed by atoms with E-state index in [-0.39, 0.29) is 0 Å². The number of fused-ring (bicyclic) bond motifs is 3. The minimum atomic E-state index is -5.05. The van der Waals surface area contributed by atoms with Crippen molar-refractivity contribution in [2.75, 3.05) is 19.6 Å². The van der Waals surface area contributed by atoms with Gasteiger partial charge in [0.25, 0.3) is 0 Å². The van der Waals surface area contributed by atoms with Crippen molar-refractivity contribution < 1.29 is 32.2 Å². The second kappa shape index (κ2) is 7.13. The number of carbonyl (C=O) groups is 1. The number of piperidine rings is 3. The first-order valence-electron chi connectivity index (χ1n) is 9.97. The molecule has 1 unspecified atom stereocenters. The highest BCUT2D eigenvalue weighted by Gasteiger charge is 2.66. The molecule has 0 aliphatic carbocycles. The molecular weight excluding hydrogens is 479 g/mol. The molecule has 0 N–H and O–H groups in total. The highest BCUT2D eigenvalue weighted by Crippen LogP contribution is 2.54. The number of hydrogen-bond acceptors (Lipinski definition) is 5. The van der Waals surface area contributed by atoms with Crippen molar-refractivity contribution in [2.24, 2.45) is 0 Å². The van der Waals surface area contributed by atoms with E-state index in [0.717, 1.165) is 5.56 Å². The van der Waals surface area contributed by atoms with Crippen LogP contribution in [0.15, 0.2) is 46.9 Å². The van der Waals surface area contributed by atoms with Gasteiger partial charge in [-0.05, 0) is 40.2 Å². The monoisotopic (exact) mass is 497 g/mol. The summed E-state index contributed by atoms with van der Waals surface area (Å²) in [6, 6.07) is 12.9. The van der Waals surface area contributed by atoms with Crippen LogP contribution in [0.4, 0.5) is 13.2 Å². The molecule has 2 bridgehead atoms. The van der Waals surface area contributed by atoms with Crippen molar-refractivity contribution in [1.82, 2.24) is 4.90 Å². The lowest BCUT2D eigenvalue weighted by Crippen LogP contribution is -2.73. The third kappa shape index (κ3) is 3.47. The summed E-state index contributed by atoms with van der Waals surface area (Å²) in [4.78, 5) is 13.9. The Labute approximate surface area is 185 Å². The Hall–Kier alpha value is -2.26. The van der Waals surface area contributed by atoms with Gasteiger partial charge >= 0.3 is 12.1 Å². The normalized spacial score (nSPS) is 28.8. The van der Waals surface area contributed by atoms with Crippen molar-refractivity contribution in [2.45, 2.75) is 36.6 Å². The molecule has 6 rings (SSSR count). The maximum atomic E-state index is 13.0. The Balaban J connectivity index is 1.47. The fourth-order valence-corrected chi connectivity index (χ4v) is 5.46. The van der Waals surface area contributed by atoms with E-state index in [0.29, 0.717) is 60.6 Å². The Bertz CT molecular complexity index is 1020. The lowest BCUT2D eigenvalue weighted by Gasteiger charge is -2.57. The third-order valence-electron chi connectivity index (χ3n) is 6.34. The highest BCUT2D eigenvalue weighted by molar-refractivity contribution is 9.10. The van der Waals surface area contributed by atoms with Crippen LogP contribution in [0.1, 0.15) is 18.4 Å². The predicted octanol–water partition coefficient (Wildman–Crippen LogP) is 4.87. The van der Waals surface area contributed by atoms with Gasteiger partial charge in [0.2, 0.25) is 0 Å². The average molecular weight is 498 g/mol. The summed E-state index contributed by atoms with van der Waals surface area (Å²) in [5.74, 6) is -0.355. The van der Waals surface area contributed by atoms with E-state index >= 15 is 0 Å². The zero-order valence-electron chi connectivity index (χ0n) is 16.4. The fraction of sp³-hybridized carbons (Fsp3) is 0.409. The van der Waals surface area contributed by atoms with Crippen molar-refractivity contribution in [3.63, 3.8) is 0 Å². The zero-order chi connectivity index (χ0) is 21.9. The lowest BCUT2D eigenvalue weighted by atomic mass is 9.69. The van der Waals surface area contributed by atoms with Crippen LogP contribution < -0.4 is 9.47 Å². The Kier molecular flexibility index (Phi) is 4.75. The van der Waals surface area contributed by atoms with Crippen molar-refractivity contribution in [1.29, 1.82) is 0 Å². The smallest absolute Gasteiger partial charge is 0.480 e. The van der Waals surface area contributed by atoms with Crippen molar-refractivity contribution >= 4 is 21.9 Å². The van der Waals surface area contributed by atoms with E-state index < -0.39 is 23.3 Å². The minimum Gasteiger partial charge on any atom is -0.480 e. The van der Waals surface area contributed by atoms with Gasteiger partial charge in [-0.25, -0.2) is 4.79 Å². The first-order chi connectivity index (χ1) is 14.7. The van der Waals surface area contributed by atoms with Gasteiger partial charge in [0.05, 0.1) is 4.47 Å². The Morgan fingerprint density at radius 1 is 1.10 bits per heavy atom. The van der Waals surface area contributed by atoms with Crippen LogP contribution in [0.25, 0.3) is 0 Å². The van der Waals surface area contributed by atoms with Crippen LogP contribution in [0.5, 0.6) is 17.2 Å². The molecule has 0 saturated carbocycles. The van der Waals surface area contributed by atoms with Gasteiger partial charge in [-0.2, -0.15) is 13.2 Å². The highest BCUT2D eigenvalue weighted by atomic mass is 79.9. The van der Waals surface area contributed by atoms with Gasteiger partial charge in [-0.3, -0.25) is 4.90 Å². The number of nitrogens with zero attached hydrogens (tertiary/aromatic N) is 1. The molecule has 0 aromatic heterocycles. The molecule has 4 heterocycles. The number of para-hydroxylation sites is 1. The van der Waals surface area contributed by atoms with Crippen LogP contribution >= 0.6 is 15.9 Å². The van der Waals surface area contributed by atoms with Crippen molar-refractivity contribution in [3.05, 3.63) is 52.5 Å². The second-order valence-electron chi connectivity index (χ2n) is 8.24. The summed E-state index contributed by atoms with van der Waals surface area (Å²) in [5, 5.41) is 0. The Morgan fingerprint density at radius 2 is 1.81 bits per heavy atom. The molecule has 31 heavy (non-hydrogen) atoms. The molecule has 9 heteroatoms. The maximum Gasteiger partial charge on any atom is 0.490 e. The quantitative estimate of drug-likeness (QED) is 0.566. The van der Waals surface area contributed by atoms with Gasteiger partial charge < -0.3 is 14.2 Å². The van der Waals surface area contributed by atoms with Crippen LogP contribution in [0.2, 0.25) is 0 Å². The molecule has 3 fully saturated rings. The summed E-state index contributed by atoms with van der Waals surface area (Å²) < 4.78 is 57.2. The average Bonchev–Trinajstić information content (AvgIpc) is 3.08. The predicted molar refractivity (Wildman–Crippen MR) is 108 cm³/mol. The van der Waals surface area contributed by atoms with E-state index in [1.165, 1.54) is 0 Å². The van der Waals surface area contributed by atoms with Crippen LogP contribution in [0, 0.1) is 0 Å². The zero-order valence-corrected chi connectivity index (χ0v) is 18.0. The molecule has 0 radical (unpaired) electrons. The van der Waals surface area contributed by atoms with E-state index in [2.05, 4.69) is 20.8 Å². The van der Waals surface area contributed by atoms with Crippen LogP contribution in [-0.2, 0) is 16.0 Å². The number of ether oxygens (including phenoxy) is 3. The number of carbonyl (C=O) groups excluding carboxylic acids is 1. The number of esters is 1. The van der Waals surface area contributed by atoms with Gasteiger partial charge in [0, 0.05) is 44.5 Å². The largest absolute Gasteiger partial charge is 0.490 e. The second-order valence-corrected chi connectivity index (χ2v) is 9.09. The molecule has 0 amide bonds. The van der Waals surface area contributed by atoms with E-state index in [1.807, 2.05) is 36.4 Å². The van der Waals surface area contributed by atoms with Gasteiger partial charge in [-0.15, -0.1) is 0 Å². The molecular formula is C22H19BrF3NO4. The number of alkyl halides is 3. The maximum absolute atomic E-state index is 13.0. The lowest BCUT2D eigenvalue weighted by molar-refractivity contribution is -0.254. The molecule has 4 aliphatic heterocycles. The summed E-state index contributed by atoms with van der Waals surface area (Å²) in [6.07, 6.45) is -4.12. The fourth-order valence-electron chi connectivity index (χ4n) is 4.90. The van der Waals surface area contributed by atoms with Gasteiger partial charge in [0.15, 0.2) is 11.2 Å². The summed E-state index contributed by atoms with van der Waals surface area (Å²) >= 11 is 3.51. The van der Waals surface area contributed by atoms with E-state index in [9.17, 15) is 18.0 Å². The number of rotatable bonds is 3. The third-order valence-corrected chi connectivity index (χ3v) is 6.93. The Morgan fingerprint density at radius 3 is 2.48 bits per heavy atom. The summed E-state index contributed by atoms with van der Waals surface area (Å²) in [6.45, 7) is 1.53. The van der Waals surface area contributed by atoms with Crippen LogP contribution in [0.3, 0.4) is 0 Å². The molecule has 5 nitrogen and oxygen atoms in total. The molecule has 164 valence electrons. The first-order valence-corrected chi connectivity index (χ1v) is 10.8. The molecule has 3 saturated heterocycles. The number of hydrogen-bond donors (Lipinski definition) is 0. The van der Waals surface area contributed by atoms with Crippen molar-refractivity contribution in [3.8, 4) is 17.2 Å². The number of benzene rings is 2. The summed E-state index contributed by atoms with van der Waals surface area (Å²) in [7, 11) is 0. The van der Waals surface area contributed by atoms with Gasteiger partial charge in [-0.1, -0.05) is 18.2 Å². The molecule has 2 aromatic carbocycles. The van der Waals surface area contributed by atoms with E-state index in [1.54, 1.807) is 6.07 Å². The molecule has 1 spiro atoms. The van der Waals surface area contributed by atoms with Crippen LogP contribution in [-0.4, -0.2) is 47.9 Å². The topological polar surface area (TPSA) is 48.0 Å². The molecule has 2 aromatic rings. The SMILES string of the molecule is O=C(OC12CCN(CC1)CC21Cc2cc(Oc3ccccc3)cc(Br)c2O1)C(F)(F)F. The minimum absolute atomic E-state index is 0.299. The summed E-state index contributed by atoms with van der Waals surface area (Å²) in [5.41, 5.74) is -1.59. The first kappa shape index (κ1) is 20.6. The number of halogens is 4. The molecule has 1 atom stereocenters. The van der Waals surface area contributed by atoms with E-state index in [4.69, 9.17) is 14.2 Å². The van der Waals surface area contributed by atoms with Gasteiger partial charge in [0.1, 0.15) is 17.2 Å². The molecule has 4 aliphatic rings. The standard InChI is InChI=1S/C22H19BrF3NO4/c23-17-11-16(29-15-4-2-1-3-5-15)10-14-12-21(30-18(14)17)13-27-8-6-20(21,7-9-27)31-19(28)22(24,25)26/h1-5,10-11H,6-9,12-13H2.